The summed E-state index contributed by atoms with van der Waals surface area (Å²) in [6.45, 7) is 1.86. The standard InChI is InChI=1S/C10H10BN3O4S/c1-3-18-10(16)7-12-8-4(9(15)14(7)2)5(13-17)6(11)19-8/h3,11H2,1-2H3. The predicted molar refractivity (Wildman–Crippen MR) is 74.5 cm³/mol. The van der Waals surface area contributed by atoms with Gasteiger partial charge in [0, 0.05) is 7.05 Å². The summed E-state index contributed by atoms with van der Waals surface area (Å²) in [5.41, 5.74) is -0.393. The summed E-state index contributed by atoms with van der Waals surface area (Å²) in [6, 6.07) is 0. The number of hydrogen-bond donors (Lipinski definition) is 0. The molecule has 0 saturated heterocycles. The van der Waals surface area contributed by atoms with Crippen LogP contribution in [0.3, 0.4) is 0 Å². The average Bonchev–Trinajstić information content (AvgIpc) is 2.69. The molecule has 2 aromatic heterocycles. The van der Waals surface area contributed by atoms with Crippen molar-refractivity contribution in [2.45, 2.75) is 6.92 Å². The first-order valence-electron chi connectivity index (χ1n) is 5.51. The van der Waals surface area contributed by atoms with Crippen LogP contribution >= 0.6 is 11.3 Å². The molecule has 2 aromatic rings. The molecule has 9 heteroatoms. The van der Waals surface area contributed by atoms with Crippen molar-refractivity contribution in [3.05, 3.63) is 21.1 Å². The van der Waals surface area contributed by atoms with Crippen LogP contribution < -0.4 is 10.3 Å². The number of carbonyl (C=O) groups excluding carboxylic acids is 1. The van der Waals surface area contributed by atoms with Crippen molar-refractivity contribution in [1.29, 1.82) is 0 Å². The molecular weight excluding hydrogens is 269 g/mol. The van der Waals surface area contributed by atoms with E-state index in [0.717, 1.165) is 15.9 Å². The lowest BCUT2D eigenvalue weighted by Gasteiger charge is -2.06. The zero-order valence-corrected chi connectivity index (χ0v) is 11.4. The fraction of sp³-hybridized carbons (Fsp3) is 0.300. The number of esters is 1. The Kier molecular flexibility index (Phi) is 3.47. The smallest absolute Gasteiger partial charge is 0.374 e. The van der Waals surface area contributed by atoms with E-state index in [4.69, 9.17) is 4.74 Å². The Hall–Kier alpha value is -2.03. The number of nitrogens with zero attached hydrogens (tertiary/aromatic N) is 3. The van der Waals surface area contributed by atoms with Crippen LogP contribution in [-0.2, 0) is 11.8 Å². The molecule has 0 atom stereocenters. The number of fused-ring (bicyclic) bond motifs is 1. The maximum atomic E-state index is 12.2. The molecule has 0 unspecified atom stereocenters. The molecule has 2 heterocycles. The summed E-state index contributed by atoms with van der Waals surface area (Å²) in [6.07, 6.45) is 0. The Balaban J connectivity index is 2.79. The second-order valence-electron chi connectivity index (χ2n) is 3.80. The van der Waals surface area contributed by atoms with Gasteiger partial charge in [-0.15, -0.1) is 16.2 Å². The lowest BCUT2D eigenvalue weighted by atomic mass is 10.1. The highest BCUT2D eigenvalue weighted by Gasteiger charge is 2.21. The molecule has 7 nitrogen and oxygen atoms in total. The molecule has 0 aromatic carbocycles. The Labute approximate surface area is 112 Å². The molecular formula is C10H10BN3O4S. The van der Waals surface area contributed by atoms with Crippen molar-refractivity contribution < 1.29 is 9.53 Å². The molecule has 19 heavy (non-hydrogen) atoms. The van der Waals surface area contributed by atoms with Gasteiger partial charge in [0.15, 0.2) is 7.85 Å². The largest absolute Gasteiger partial charge is 0.460 e. The topological polar surface area (TPSA) is 90.6 Å². The van der Waals surface area contributed by atoms with Gasteiger partial charge in [0.25, 0.3) is 5.56 Å². The SMILES string of the molecule is Bc1sc2nc(C(=O)OCC)n(C)c(=O)c2c1N=O. The zero-order chi connectivity index (χ0) is 14.2. The molecule has 0 saturated carbocycles. The Morgan fingerprint density at radius 1 is 1.58 bits per heavy atom. The van der Waals surface area contributed by atoms with E-state index in [0.29, 0.717) is 9.61 Å². The Morgan fingerprint density at radius 3 is 2.84 bits per heavy atom. The fourth-order valence-electron chi connectivity index (χ4n) is 1.72. The van der Waals surface area contributed by atoms with E-state index >= 15 is 0 Å². The van der Waals surface area contributed by atoms with Crippen molar-refractivity contribution in [1.82, 2.24) is 9.55 Å². The monoisotopic (exact) mass is 279 g/mol. The van der Waals surface area contributed by atoms with E-state index in [1.165, 1.54) is 7.05 Å². The molecule has 0 N–H and O–H groups in total. The van der Waals surface area contributed by atoms with E-state index in [9.17, 15) is 14.5 Å². The summed E-state index contributed by atoms with van der Waals surface area (Å²) in [5, 5.41) is 3.01. The lowest BCUT2D eigenvalue weighted by Crippen LogP contribution is -2.25. The average molecular weight is 279 g/mol. The summed E-state index contributed by atoms with van der Waals surface area (Å²) in [4.78, 5) is 39.1. The van der Waals surface area contributed by atoms with Gasteiger partial charge >= 0.3 is 5.97 Å². The number of aromatic nitrogens is 2. The van der Waals surface area contributed by atoms with Gasteiger partial charge in [-0.1, -0.05) is 0 Å². The van der Waals surface area contributed by atoms with Gasteiger partial charge in [-0.05, 0) is 16.9 Å². The van der Waals surface area contributed by atoms with Crippen molar-refractivity contribution in [3.63, 3.8) is 0 Å². The minimum Gasteiger partial charge on any atom is -0.460 e. The third kappa shape index (κ3) is 2.05. The van der Waals surface area contributed by atoms with Crippen LogP contribution in [0.2, 0.25) is 0 Å². The molecule has 0 amide bonds. The van der Waals surface area contributed by atoms with Crippen LogP contribution in [0.15, 0.2) is 9.97 Å². The Morgan fingerprint density at radius 2 is 2.26 bits per heavy atom. The van der Waals surface area contributed by atoms with Crippen LogP contribution in [0, 0.1) is 4.91 Å². The highest BCUT2D eigenvalue weighted by atomic mass is 32.1. The molecule has 0 radical (unpaired) electrons. The van der Waals surface area contributed by atoms with Crippen LogP contribution in [0.25, 0.3) is 10.2 Å². The third-order valence-corrected chi connectivity index (χ3v) is 3.62. The highest BCUT2D eigenvalue weighted by molar-refractivity contribution is 7.26. The summed E-state index contributed by atoms with van der Waals surface area (Å²) >= 11 is 1.15. The quantitative estimate of drug-likeness (QED) is 0.442. The molecule has 0 aliphatic heterocycles. The van der Waals surface area contributed by atoms with Gasteiger partial charge in [-0.2, -0.15) is 0 Å². The maximum Gasteiger partial charge on any atom is 0.374 e. The summed E-state index contributed by atoms with van der Waals surface area (Å²) in [7, 11) is 3.08. The van der Waals surface area contributed by atoms with E-state index in [1.807, 2.05) is 0 Å². The number of hydrogen-bond acceptors (Lipinski definition) is 7. The van der Waals surface area contributed by atoms with E-state index in [-0.39, 0.29) is 23.5 Å². The fourth-order valence-corrected chi connectivity index (χ4v) is 2.66. The van der Waals surface area contributed by atoms with Crippen molar-refractivity contribution in [2.75, 3.05) is 6.61 Å². The predicted octanol–water partition coefficient (Wildman–Crippen LogP) is -0.172. The van der Waals surface area contributed by atoms with Crippen molar-refractivity contribution >= 4 is 45.8 Å². The molecule has 2 rings (SSSR count). The van der Waals surface area contributed by atoms with Gasteiger partial charge in [0.05, 0.1) is 6.61 Å². The number of rotatable bonds is 3. The number of carbonyl (C=O) groups is 1. The van der Waals surface area contributed by atoms with Crippen LogP contribution in [0.4, 0.5) is 5.69 Å². The third-order valence-electron chi connectivity index (χ3n) is 2.63. The van der Waals surface area contributed by atoms with E-state index in [2.05, 4.69) is 10.2 Å². The van der Waals surface area contributed by atoms with Gasteiger partial charge in [-0.25, -0.2) is 9.78 Å². The van der Waals surface area contributed by atoms with Gasteiger partial charge in [-0.3, -0.25) is 9.36 Å². The van der Waals surface area contributed by atoms with E-state index in [1.54, 1.807) is 14.8 Å². The highest BCUT2D eigenvalue weighted by Crippen LogP contribution is 2.25. The normalized spacial score (nSPS) is 10.6. The summed E-state index contributed by atoms with van der Waals surface area (Å²) in [5.74, 6) is -0.756. The van der Waals surface area contributed by atoms with Crippen molar-refractivity contribution in [2.24, 2.45) is 12.2 Å². The number of ether oxygens (including phenoxy) is 1. The molecule has 0 bridgehead atoms. The first-order valence-corrected chi connectivity index (χ1v) is 6.33. The summed E-state index contributed by atoms with van der Waals surface area (Å²) < 4.78 is 6.50. The first kappa shape index (κ1) is 13.4. The number of thiophene rings is 1. The maximum absolute atomic E-state index is 12.2. The molecule has 0 aliphatic carbocycles. The first-order chi connectivity index (χ1) is 9.01. The zero-order valence-electron chi connectivity index (χ0n) is 10.6. The van der Waals surface area contributed by atoms with Crippen LogP contribution in [0.5, 0.6) is 0 Å². The molecule has 98 valence electrons. The minimum atomic E-state index is -0.671. The Bertz CT molecular complexity index is 736. The number of nitroso groups, excluding NO2 is 1. The second-order valence-corrected chi connectivity index (χ2v) is 5.00. The minimum absolute atomic E-state index is 0.0851. The van der Waals surface area contributed by atoms with Crippen LogP contribution in [-0.4, -0.2) is 30.0 Å². The molecule has 0 fully saturated rings. The van der Waals surface area contributed by atoms with Crippen LogP contribution in [0.1, 0.15) is 17.5 Å². The van der Waals surface area contributed by atoms with Gasteiger partial charge < -0.3 is 4.74 Å². The van der Waals surface area contributed by atoms with E-state index < -0.39 is 11.5 Å². The lowest BCUT2D eigenvalue weighted by molar-refractivity contribution is 0.0506. The second kappa shape index (κ2) is 4.92. The van der Waals surface area contributed by atoms with Gasteiger partial charge in [0.1, 0.15) is 15.9 Å². The molecule has 0 spiro atoms. The van der Waals surface area contributed by atoms with Crippen molar-refractivity contribution in [3.8, 4) is 0 Å². The molecule has 0 aliphatic rings. The van der Waals surface area contributed by atoms with Gasteiger partial charge in [0.2, 0.25) is 5.82 Å².